The number of rotatable bonds is 5. The van der Waals surface area contributed by atoms with E-state index in [0.717, 1.165) is 5.56 Å². The lowest BCUT2D eigenvalue weighted by atomic mass is 10.2. The zero-order valence-electron chi connectivity index (χ0n) is 12.4. The highest BCUT2D eigenvalue weighted by Crippen LogP contribution is 2.17. The van der Waals surface area contributed by atoms with Crippen molar-refractivity contribution >= 4 is 25.8 Å². The number of carbonyl (C=O) groups excluding carboxylic acids is 1. The minimum atomic E-state index is -3.94. The summed E-state index contributed by atoms with van der Waals surface area (Å²) in [6.45, 7) is 1.66. The van der Waals surface area contributed by atoms with Gasteiger partial charge in [-0.2, -0.15) is 0 Å². The topological polar surface area (TPSA) is 130 Å². The molecule has 10 heteroatoms. The van der Waals surface area contributed by atoms with E-state index in [-0.39, 0.29) is 17.3 Å². The Bertz CT molecular complexity index is 786. The van der Waals surface area contributed by atoms with Crippen LogP contribution in [0.3, 0.4) is 0 Å². The summed E-state index contributed by atoms with van der Waals surface area (Å²) in [5, 5.41) is 12.2. The first-order chi connectivity index (χ1) is 10.6. The molecule has 0 radical (unpaired) electrons. The van der Waals surface area contributed by atoms with Crippen molar-refractivity contribution in [2.24, 2.45) is 0 Å². The molecule has 128 valence electrons. The highest BCUT2D eigenvalue weighted by molar-refractivity contribution is 7.92. The molecular weight excluding hydrogens is 344 g/mol. The Morgan fingerprint density at radius 1 is 1.26 bits per heavy atom. The maximum Gasteiger partial charge on any atom is 0.240 e. The summed E-state index contributed by atoms with van der Waals surface area (Å²) in [6, 6.07) is 4.76. The molecule has 0 aliphatic carbocycles. The van der Waals surface area contributed by atoms with Crippen LogP contribution in [0, 0.1) is 0 Å². The number of sulfonamides is 1. The van der Waals surface area contributed by atoms with Crippen LogP contribution in [0.1, 0.15) is 12.5 Å². The molecule has 1 aromatic rings. The molecule has 2 rings (SSSR count). The van der Waals surface area contributed by atoms with Crippen molar-refractivity contribution < 1.29 is 26.7 Å². The second-order valence-electron chi connectivity index (χ2n) is 5.43. The van der Waals surface area contributed by atoms with Crippen LogP contribution in [-0.2, 0) is 31.2 Å². The predicted octanol–water partition coefficient (Wildman–Crippen LogP) is -1.24. The maximum atomic E-state index is 12.2. The van der Waals surface area contributed by atoms with Crippen LogP contribution in [0.25, 0.3) is 0 Å². The van der Waals surface area contributed by atoms with E-state index in [1.165, 1.54) is 19.1 Å². The fraction of sp³-hybridized carbons (Fsp3) is 0.462. The summed E-state index contributed by atoms with van der Waals surface area (Å²) in [6.07, 6.45) is -1.26. The second kappa shape index (κ2) is 6.56. The summed E-state index contributed by atoms with van der Waals surface area (Å²) >= 11 is 0. The molecule has 0 spiro atoms. The Kier molecular flexibility index (Phi) is 5.09. The Hall–Kier alpha value is -1.49. The van der Waals surface area contributed by atoms with Crippen molar-refractivity contribution in [3.8, 4) is 0 Å². The lowest BCUT2D eigenvalue weighted by Crippen LogP contribution is -2.42. The number of carbonyl (C=O) groups is 1. The first-order valence-corrected chi connectivity index (χ1v) is 10.1. The minimum absolute atomic E-state index is 0.0411. The highest BCUT2D eigenvalue weighted by atomic mass is 32.2. The number of amides is 1. The van der Waals surface area contributed by atoms with Gasteiger partial charge in [0.25, 0.3) is 0 Å². The molecule has 0 bridgehead atoms. The number of hydrogen-bond acceptors (Lipinski definition) is 6. The fourth-order valence-corrected chi connectivity index (χ4v) is 5.34. The lowest BCUT2D eigenvalue weighted by molar-refractivity contribution is -0.119. The molecule has 0 unspecified atom stereocenters. The Morgan fingerprint density at radius 2 is 1.87 bits per heavy atom. The molecule has 2 atom stereocenters. The number of aliphatic hydroxyl groups is 1. The monoisotopic (exact) mass is 362 g/mol. The standard InChI is InChI=1S/C13H18N2O6S2/c1-9(16)14-6-10-2-4-11(5-3-10)23(20,21)15-12-7-22(18,19)8-13(12)17/h2-5,12-13,15,17H,6-8H2,1H3,(H,14,16)/t12-,13-/m0/s1. The zero-order chi connectivity index (χ0) is 17.3. The van der Waals surface area contributed by atoms with E-state index in [9.17, 15) is 26.7 Å². The number of hydrogen-bond donors (Lipinski definition) is 3. The van der Waals surface area contributed by atoms with E-state index in [2.05, 4.69) is 10.0 Å². The van der Waals surface area contributed by atoms with Crippen molar-refractivity contribution in [2.75, 3.05) is 11.5 Å². The van der Waals surface area contributed by atoms with Crippen LogP contribution in [0.15, 0.2) is 29.2 Å². The third kappa shape index (κ3) is 4.74. The molecule has 1 fully saturated rings. The van der Waals surface area contributed by atoms with Crippen LogP contribution < -0.4 is 10.0 Å². The van der Waals surface area contributed by atoms with Gasteiger partial charge in [0.05, 0.1) is 28.5 Å². The highest BCUT2D eigenvalue weighted by Gasteiger charge is 2.38. The van der Waals surface area contributed by atoms with E-state index >= 15 is 0 Å². The van der Waals surface area contributed by atoms with E-state index in [0.29, 0.717) is 0 Å². The molecule has 0 saturated carbocycles. The van der Waals surface area contributed by atoms with Crippen molar-refractivity contribution in [1.82, 2.24) is 10.0 Å². The van der Waals surface area contributed by atoms with E-state index in [1.54, 1.807) is 12.1 Å². The van der Waals surface area contributed by atoms with Crippen LogP contribution in [0.4, 0.5) is 0 Å². The van der Waals surface area contributed by atoms with Gasteiger partial charge >= 0.3 is 0 Å². The summed E-state index contributed by atoms with van der Waals surface area (Å²) < 4.78 is 49.5. The SMILES string of the molecule is CC(=O)NCc1ccc(S(=O)(=O)N[C@H]2CS(=O)(=O)C[C@@H]2O)cc1. The number of sulfone groups is 1. The Morgan fingerprint density at radius 3 is 2.35 bits per heavy atom. The molecule has 1 heterocycles. The average Bonchev–Trinajstić information content (AvgIpc) is 2.68. The molecule has 3 N–H and O–H groups in total. The van der Waals surface area contributed by atoms with Gasteiger partial charge in [-0.15, -0.1) is 0 Å². The molecule has 1 aromatic carbocycles. The number of nitrogens with one attached hydrogen (secondary N) is 2. The van der Waals surface area contributed by atoms with Gasteiger partial charge in [-0.3, -0.25) is 4.79 Å². The molecule has 1 aliphatic rings. The minimum Gasteiger partial charge on any atom is -0.390 e. The van der Waals surface area contributed by atoms with Gasteiger partial charge in [-0.25, -0.2) is 21.6 Å². The van der Waals surface area contributed by atoms with E-state index in [1.807, 2.05) is 0 Å². The first kappa shape index (κ1) is 17.9. The van der Waals surface area contributed by atoms with Gasteiger partial charge in [0, 0.05) is 13.5 Å². The molecule has 1 saturated heterocycles. The van der Waals surface area contributed by atoms with Gasteiger partial charge in [-0.05, 0) is 17.7 Å². The summed E-state index contributed by atoms with van der Waals surface area (Å²) in [5.74, 6) is -1.07. The second-order valence-corrected chi connectivity index (χ2v) is 9.29. The zero-order valence-corrected chi connectivity index (χ0v) is 14.0. The lowest BCUT2D eigenvalue weighted by Gasteiger charge is -2.15. The molecular formula is C13H18N2O6S2. The van der Waals surface area contributed by atoms with Crippen LogP contribution >= 0.6 is 0 Å². The van der Waals surface area contributed by atoms with Crippen LogP contribution in [0.5, 0.6) is 0 Å². The predicted molar refractivity (Wildman–Crippen MR) is 82.7 cm³/mol. The largest absolute Gasteiger partial charge is 0.390 e. The van der Waals surface area contributed by atoms with Crippen molar-refractivity contribution in [2.45, 2.75) is 30.5 Å². The molecule has 1 aliphatic heterocycles. The van der Waals surface area contributed by atoms with E-state index in [4.69, 9.17) is 0 Å². The van der Waals surface area contributed by atoms with Crippen LogP contribution in [-0.4, -0.2) is 51.5 Å². The Balaban J connectivity index is 2.09. The van der Waals surface area contributed by atoms with Gasteiger partial charge in [0.1, 0.15) is 0 Å². The van der Waals surface area contributed by atoms with Gasteiger partial charge in [0.2, 0.25) is 15.9 Å². The molecule has 0 aromatic heterocycles. The average molecular weight is 362 g/mol. The molecule has 23 heavy (non-hydrogen) atoms. The van der Waals surface area contributed by atoms with Crippen molar-refractivity contribution in [3.63, 3.8) is 0 Å². The van der Waals surface area contributed by atoms with Gasteiger partial charge in [0.15, 0.2) is 9.84 Å². The van der Waals surface area contributed by atoms with Crippen molar-refractivity contribution in [3.05, 3.63) is 29.8 Å². The maximum absolute atomic E-state index is 12.2. The third-order valence-corrected chi connectivity index (χ3v) is 6.63. The van der Waals surface area contributed by atoms with Gasteiger partial charge in [-0.1, -0.05) is 12.1 Å². The van der Waals surface area contributed by atoms with Crippen molar-refractivity contribution in [1.29, 1.82) is 0 Å². The third-order valence-electron chi connectivity index (χ3n) is 3.40. The summed E-state index contributed by atoms with van der Waals surface area (Å²) in [4.78, 5) is 10.8. The van der Waals surface area contributed by atoms with Gasteiger partial charge < -0.3 is 10.4 Å². The summed E-state index contributed by atoms with van der Waals surface area (Å²) in [7, 11) is -7.38. The smallest absolute Gasteiger partial charge is 0.240 e. The van der Waals surface area contributed by atoms with E-state index < -0.39 is 43.5 Å². The first-order valence-electron chi connectivity index (χ1n) is 6.83. The summed E-state index contributed by atoms with van der Waals surface area (Å²) in [5.41, 5.74) is 0.725. The quantitative estimate of drug-likeness (QED) is 0.601. The molecule has 1 amide bonds. The number of aliphatic hydroxyl groups excluding tert-OH is 1. The van der Waals surface area contributed by atoms with Crippen LogP contribution in [0.2, 0.25) is 0 Å². The number of benzene rings is 1. The Labute approximate surface area is 134 Å². The fourth-order valence-electron chi connectivity index (χ4n) is 2.22. The normalized spacial score (nSPS) is 23.6. The molecule has 8 nitrogen and oxygen atoms in total.